The molecule has 2 aromatic rings. The number of carboxylic acids is 1. The fourth-order valence-electron chi connectivity index (χ4n) is 4.78. The number of aliphatic carboxylic acids is 1. The molecule has 0 bridgehead atoms. The summed E-state index contributed by atoms with van der Waals surface area (Å²) in [4.78, 5) is 50.2. The van der Waals surface area contributed by atoms with E-state index < -0.39 is 34.7 Å². The van der Waals surface area contributed by atoms with E-state index in [1.165, 1.54) is 7.11 Å². The summed E-state index contributed by atoms with van der Waals surface area (Å²) in [6, 6.07) is 11.3. The summed E-state index contributed by atoms with van der Waals surface area (Å²) in [5.41, 5.74) is -0.0482. The van der Waals surface area contributed by atoms with Gasteiger partial charge in [0, 0.05) is 27.0 Å². The standard InChI is InChI=1S/C27H30Br2N2O6/c1-26(2)19(11-12-27(26,3)25(35)36)23(33)31-21(24(34)37-4)13-15-5-8-17(9-6-15)30-22(32)18-14-16(28)7-10-20(18)29/h5-10,14,19,21H,11-13H2,1-4H3,(H,30,32)(H,31,33)(H,35,36)/t19-,21+,27+/m1/s1. The van der Waals surface area contributed by atoms with Crippen LogP contribution in [0.3, 0.4) is 0 Å². The maximum absolute atomic E-state index is 13.2. The number of rotatable bonds is 8. The molecule has 1 aliphatic carbocycles. The summed E-state index contributed by atoms with van der Waals surface area (Å²) >= 11 is 6.74. The smallest absolute Gasteiger partial charge is 0.328 e. The van der Waals surface area contributed by atoms with Crippen molar-refractivity contribution in [1.82, 2.24) is 5.32 Å². The average Bonchev–Trinajstić information content (AvgIpc) is 3.10. The number of carbonyl (C=O) groups excluding carboxylic acids is 3. The highest BCUT2D eigenvalue weighted by atomic mass is 79.9. The number of benzene rings is 2. The monoisotopic (exact) mass is 636 g/mol. The van der Waals surface area contributed by atoms with Crippen molar-refractivity contribution >= 4 is 61.3 Å². The first-order valence-electron chi connectivity index (χ1n) is 11.8. The van der Waals surface area contributed by atoms with Crippen molar-refractivity contribution in [3.8, 4) is 0 Å². The van der Waals surface area contributed by atoms with Crippen molar-refractivity contribution in [2.45, 2.75) is 46.1 Å². The first-order valence-corrected chi connectivity index (χ1v) is 13.4. The molecule has 10 heteroatoms. The van der Waals surface area contributed by atoms with Gasteiger partial charge >= 0.3 is 11.9 Å². The van der Waals surface area contributed by atoms with Crippen LogP contribution in [-0.2, 0) is 25.5 Å². The molecule has 0 spiro atoms. The Hall–Kier alpha value is -2.72. The molecule has 3 rings (SSSR count). The van der Waals surface area contributed by atoms with E-state index in [4.69, 9.17) is 4.74 Å². The summed E-state index contributed by atoms with van der Waals surface area (Å²) in [6.07, 6.45) is 0.963. The lowest BCUT2D eigenvalue weighted by Gasteiger charge is -2.38. The van der Waals surface area contributed by atoms with Gasteiger partial charge in [-0.1, -0.05) is 41.9 Å². The lowest BCUT2D eigenvalue weighted by molar-refractivity contribution is -0.156. The van der Waals surface area contributed by atoms with Crippen LogP contribution in [0.25, 0.3) is 0 Å². The van der Waals surface area contributed by atoms with Gasteiger partial charge in [0.1, 0.15) is 6.04 Å². The van der Waals surface area contributed by atoms with Gasteiger partial charge in [0.05, 0.1) is 18.1 Å². The minimum atomic E-state index is -1.04. The third kappa shape index (κ3) is 6.06. The Kier molecular flexibility index (Phi) is 8.85. The number of hydrogen-bond donors (Lipinski definition) is 3. The molecule has 1 aliphatic rings. The number of carbonyl (C=O) groups is 4. The Morgan fingerprint density at radius 1 is 1.08 bits per heavy atom. The van der Waals surface area contributed by atoms with Crippen LogP contribution in [0.4, 0.5) is 5.69 Å². The fraction of sp³-hybridized carbons (Fsp3) is 0.407. The van der Waals surface area contributed by atoms with Crippen molar-refractivity contribution < 1.29 is 29.0 Å². The Morgan fingerprint density at radius 3 is 2.30 bits per heavy atom. The van der Waals surface area contributed by atoms with E-state index in [-0.39, 0.29) is 18.2 Å². The van der Waals surface area contributed by atoms with E-state index in [1.54, 1.807) is 57.2 Å². The number of anilines is 1. The largest absolute Gasteiger partial charge is 0.481 e. The van der Waals surface area contributed by atoms with E-state index in [9.17, 15) is 24.3 Å². The highest BCUT2D eigenvalue weighted by Crippen LogP contribution is 2.56. The molecule has 2 aromatic carbocycles. The van der Waals surface area contributed by atoms with Crippen molar-refractivity contribution in [3.05, 3.63) is 62.5 Å². The molecule has 1 fully saturated rings. The van der Waals surface area contributed by atoms with Crippen LogP contribution < -0.4 is 10.6 Å². The molecule has 198 valence electrons. The lowest BCUT2D eigenvalue weighted by atomic mass is 9.65. The normalized spacial score (nSPS) is 21.1. The number of methoxy groups -OCH3 is 1. The predicted octanol–water partition coefficient (Wildman–Crippen LogP) is 5.19. The Morgan fingerprint density at radius 2 is 1.73 bits per heavy atom. The van der Waals surface area contributed by atoms with Gasteiger partial charge in [-0.15, -0.1) is 0 Å². The van der Waals surface area contributed by atoms with Crippen molar-refractivity contribution in [1.29, 1.82) is 0 Å². The topological polar surface area (TPSA) is 122 Å². The van der Waals surface area contributed by atoms with Gasteiger partial charge in [-0.3, -0.25) is 14.4 Å². The molecule has 0 radical (unpaired) electrons. The minimum absolute atomic E-state index is 0.174. The number of amides is 2. The number of halogens is 2. The van der Waals surface area contributed by atoms with Crippen LogP contribution in [-0.4, -0.2) is 42.0 Å². The van der Waals surface area contributed by atoms with E-state index in [1.807, 2.05) is 6.07 Å². The van der Waals surface area contributed by atoms with E-state index in [0.29, 0.717) is 28.6 Å². The zero-order chi connectivity index (χ0) is 27.5. The number of esters is 1. The second-order valence-electron chi connectivity index (χ2n) is 10.0. The maximum Gasteiger partial charge on any atom is 0.328 e. The second kappa shape index (κ2) is 11.3. The summed E-state index contributed by atoms with van der Waals surface area (Å²) in [5, 5.41) is 15.4. The molecule has 3 atom stereocenters. The van der Waals surface area contributed by atoms with Gasteiger partial charge in [0.2, 0.25) is 5.91 Å². The van der Waals surface area contributed by atoms with Gasteiger partial charge < -0.3 is 20.5 Å². The second-order valence-corrected chi connectivity index (χ2v) is 11.8. The van der Waals surface area contributed by atoms with Crippen LogP contribution in [0.15, 0.2) is 51.4 Å². The van der Waals surface area contributed by atoms with Gasteiger partial charge in [0.25, 0.3) is 5.91 Å². The molecule has 0 aromatic heterocycles. The third-order valence-corrected chi connectivity index (χ3v) is 8.83. The summed E-state index contributed by atoms with van der Waals surface area (Å²) in [7, 11) is 1.25. The zero-order valence-corrected chi connectivity index (χ0v) is 24.2. The van der Waals surface area contributed by atoms with Gasteiger partial charge in [-0.25, -0.2) is 4.79 Å². The highest BCUT2D eigenvalue weighted by Gasteiger charge is 2.58. The molecule has 37 heavy (non-hydrogen) atoms. The minimum Gasteiger partial charge on any atom is -0.481 e. The van der Waals surface area contributed by atoms with E-state index >= 15 is 0 Å². The van der Waals surface area contributed by atoms with Gasteiger partial charge in [-0.05, 0) is 77.0 Å². The first-order chi connectivity index (χ1) is 17.3. The quantitative estimate of drug-likeness (QED) is 0.343. The first kappa shape index (κ1) is 28.8. The molecule has 0 aliphatic heterocycles. The van der Waals surface area contributed by atoms with Crippen LogP contribution in [0.5, 0.6) is 0 Å². The Bertz CT molecular complexity index is 1210. The molecule has 0 unspecified atom stereocenters. The summed E-state index contributed by atoms with van der Waals surface area (Å²) < 4.78 is 6.35. The number of ether oxygens (including phenoxy) is 1. The molecule has 0 heterocycles. The molecule has 2 amide bonds. The van der Waals surface area contributed by atoms with Crippen molar-refractivity contribution in [3.63, 3.8) is 0 Å². The molecule has 3 N–H and O–H groups in total. The van der Waals surface area contributed by atoms with E-state index in [2.05, 4.69) is 42.5 Å². The van der Waals surface area contributed by atoms with Gasteiger partial charge in [0.15, 0.2) is 0 Å². The van der Waals surface area contributed by atoms with Crippen molar-refractivity contribution in [2.24, 2.45) is 16.7 Å². The number of hydrogen-bond acceptors (Lipinski definition) is 5. The van der Waals surface area contributed by atoms with Crippen LogP contribution in [0, 0.1) is 16.7 Å². The third-order valence-electron chi connectivity index (χ3n) is 7.64. The number of nitrogens with one attached hydrogen (secondary N) is 2. The van der Waals surface area contributed by atoms with Gasteiger partial charge in [-0.2, -0.15) is 0 Å². The van der Waals surface area contributed by atoms with Crippen LogP contribution in [0.1, 0.15) is 49.5 Å². The molecular formula is C27H30Br2N2O6. The van der Waals surface area contributed by atoms with Crippen LogP contribution in [0.2, 0.25) is 0 Å². The lowest BCUT2D eigenvalue weighted by Crippen LogP contribution is -2.50. The molecule has 0 saturated heterocycles. The molecule has 8 nitrogen and oxygen atoms in total. The SMILES string of the molecule is COC(=O)[C@H](Cc1ccc(NC(=O)c2cc(Br)ccc2Br)cc1)NC(=O)[C@H]1CC[C@@](C)(C(=O)O)C1(C)C. The highest BCUT2D eigenvalue weighted by molar-refractivity contribution is 9.11. The predicted molar refractivity (Wildman–Crippen MR) is 146 cm³/mol. The average molecular weight is 638 g/mol. The van der Waals surface area contributed by atoms with Crippen molar-refractivity contribution in [2.75, 3.05) is 12.4 Å². The van der Waals surface area contributed by atoms with E-state index in [0.717, 1.165) is 10.0 Å². The Balaban J connectivity index is 1.70. The fourth-order valence-corrected chi connectivity index (χ4v) is 5.57. The van der Waals surface area contributed by atoms with Crippen LogP contribution >= 0.6 is 31.9 Å². The maximum atomic E-state index is 13.2. The summed E-state index contributed by atoms with van der Waals surface area (Å²) in [6.45, 7) is 5.23. The molecule has 1 saturated carbocycles. The number of carboxylic acid groups (broad SMARTS) is 1. The molecular weight excluding hydrogens is 608 g/mol. The Labute approximate surface area is 232 Å². The summed E-state index contributed by atoms with van der Waals surface area (Å²) in [5.74, 6) is -2.74. The zero-order valence-electron chi connectivity index (χ0n) is 21.1.